The Labute approximate surface area is 148 Å². The smallest absolute Gasteiger partial charge is 0.317 e. The van der Waals surface area contributed by atoms with Crippen LogP contribution in [0, 0.1) is 12.8 Å². The Morgan fingerprint density at radius 1 is 1.44 bits per heavy atom. The molecule has 0 radical (unpaired) electrons. The molecular weight excluding hydrogens is 318 g/mol. The highest BCUT2D eigenvalue weighted by atomic mass is 16.5. The molecule has 1 fully saturated rings. The first kappa shape index (κ1) is 17.7. The van der Waals surface area contributed by atoms with Gasteiger partial charge < -0.3 is 24.3 Å². The number of aromatic nitrogens is 2. The molecule has 2 aromatic rings. The van der Waals surface area contributed by atoms with Crippen LogP contribution in [0.15, 0.2) is 24.4 Å². The maximum Gasteiger partial charge on any atom is 0.317 e. The average Bonchev–Trinajstić information content (AvgIpc) is 2.85. The minimum atomic E-state index is -0.0527. The summed E-state index contributed by atoms with van der Waals surface area (Å²) >= 11 is 0. The van der Waals surface area contributed by atoms with E-state index < -0.39 is 0 Å². The number of urea groups is 1. The van der Waals surface area contributed by atoms with Crippen LogP contribution < -0.4 is 5.32 Å². The van der Waals surface area contributed by atoms with E-state index in [1.54, 1.807) is 0 Å². The largest absolute Gasteiger partial charge is 0.379 e. The fraction of sp³-hybridized carbons (Fsp3) is 0.556. The van der Waals surface area contributed by atoms with E-state index in [9.17, 15) is 4.79 Å². The van der Waals surface area contributed by atoms with Gasteiger partial charge in [0.15, 0.2) is 0 Å². The molecule has 2 aromatic heterocycles. The third-order valence-corrected chi connectivity index (χ3v) is 4.41. The van der Waals surface area contributed by atoms with Gasteiger partial charge in [-0.2, -0.15) is 0 Å². The van der Waals surface area contributed by atoms with E-state index in [1.165, 1.54) is 0 Å². The molecule has 3 rings (SSSR count). The van der Waals surface area contributed by atoms with Gasteiger partial charge in [-0.25, -0.2) is 9.78 Å². The van der Waals surface area contributed by atoms with Gasteiger partial charge in [0.05, 0.1) is 25.5 Å². The molecule has 0 spiro atoms. The van der Waals surface area contributed by atoms with E-state index >= 15 is 0 Å². The average molecular weight is 345 g/mol. The zero-order chi connectivity index (χ0) is 17.8. The molecule has 25 heavy (non-hydrogen) atoms. The summed E-state index contributed by atoms with van der Waals surface area (Å²) in [5, 5.41) is 2.99. The normalized spacial score (nSPS) is 18.6. The van der Waals surface area contributed by atoms with Gasteiger partial charge in [0.1, 0.15) is 5.65 Å². The molecule has 1 aliphatic rings. The highest BCUT2D eigenvalue weighted by Gasteiger charge is 2.22. The lowest BCUT2D eigenvalue weighted by molar-refractivity contribution is 0.112. The third-order valence-electron chi connectivity index (χ3n) is 4.41. The van der Waals surface area contributed by atoms with E-state index in [1.807, 2.05) is 54.7 Å². The number of hydrogen-bond acceptors (Lipinski definition) is 4. The first-order valence-corrected chi connectivity index (χ1v) is 8.72. The molecule has 0 aliphatic carbocycles. The van der Waals surface area contributed by atoms with Gasteiger partial charge in [-0.05, 0) is 33.2 Å². The van der Waals surface area contributed by atoms with Crippen LogP contribution >= 0.6 is 0 Å². The Morgan fingerprint density at radius 2 is 2.28 bits per heavy atom. The number of ether oxygens (including phenoxy) is 1. The maximum absolute atomic E-state index is 12.5. The Hall–Kier alpha value is -2.12. The zero-order valence-electron chi connectivity index (χ0n) is 15.2. The second-order valence-corrected chi connectivity index (χ2v) is 6.94. The molecule has 1 atom stereocenters. The first-order valence-electron chi connectivity index (χ1n) is 8.72. The van der Waals surface area contributed by atoms with Crippen LogP contribution in [0.25, 0.3) is 5.65 Å². The molecule has 1 aliphatic heterocycles. The molecule has 136 valence electrons. The van der Waals surface area contributed by atoms with E-state index in [2.05, 4.69) is 15.2 Å². The van der Waals surface area contributed by atoms with Gasteiger partial charge in [0, 0.05) is 37.4 Å². The lowest BCUT2D eigenvalue weighted by atomic mass is 10.1. The van der Waals surface area contributed by atoms with Crippen molar-refractivity contribution in [3.63, 3.8) is 0 Å². The predicted octanol–water partition coefficient (Wildman–Crippen LogP) is 1.36. The second-order valence-electron chi connectivity index (χ2n) is 6.94. The Kier molecular flexibility index (Phi) is 5.55. The van der Waals surface area contributed by atoms with Crippen molar-refractivity contribution in [1.29, 1.82) is 0 Å². The van der Waals surface area contributed by atoms with Crippen molar-refractivity contribution in [2.45, 2.75) is 13.5 Å². The number of amides is 2. The van der Waals surface area contributed by atoms with Crippen molar-refractivity contribution in [3.05, 3.63) is 35.8 Å². The Balaban J connectivity index is 1.59. The van der Waals surface area contributed by atoms with E-state index in [0.29, 0.717) is 38.8 Å². The number of carbonyl (C=O) groups excluding carboxylic acids is 1. The standard InChI is InChI=1S/C18H27N5O2/c1-14-5-4-6-17-20-16(12-23(14)17)9-19-18(24)22-7-8-25-13-15(11-22)10-21(2)3/h4-6,12,15H,7-11,13H2,1-3H3,(H,19,24)/t15-/m0/s1. The fourth-order valence-corrected chi connectivity index (χ4v) is 3.25. The van der Waals surface area contributed by atoms with E-state index in [-0.39, 0.29) is 6.03 Å². The van der Waals surface area contributed by atoms with Crippen LogP contribution in [0.1, 0.15) is 11.4 Å². The molecule has 0 bridgehead atoms. The quantitative estimate of drug-likeness (QED) is 0.909. The van der Waals surface area contributed by atoms with Crippen LogP contribution in [0.2, 0.25) is 0 Å². The van der Waals surface area contributed by atoms with Gasteiger partial charge in [0.2, 0.25) is 0 Å². The van der Waals surface area contributed by atoms with E-state index in [0.717, 1.165) is 23.6 Å². The van der Waals surface area contributed by atoms with Crippen molar-refractivity contribution in [2.75, 3.05) is 46.9 Å². The second kappa shape index (κ2) is 7.84. The monoisotopic (exact) mass is 345 g/mol. The molecule has 0 aromatic carbocycles. The number of rotatable bonds is 4. The van der Waals surface area contributed by atoms with Crippen LogP contribution in [0.4, 0.5) is 4.79 Å². The molecule has 1 N–H and O–H groups in total. The lowest BCUT2D eigenvalue weighted by Crippen LogP contribution is -2.44. The van der Waals surface area contributed by atoms with Crippen molar-refractivity contribution in [3.8, 4) is 0 Å². The SMILES string of the molecule is Cc1cccc2nc(CNC(=O)N3CCOC[C@@H](CN(C)C)C3)cn12. The van der Waals surface area contributed by atoms with Crippen molar-refractivity contribution in [2.24, 2.45) is 5.92 Å². The van der Waals surface area contributed by atoms with Crippen LogP contribution in [0.3, 0.4) is 0 Å². The van der Waals surface area contributed by atoms with Crippen LogP contribution in [0.5, 0.6) is 0 Å². The highest BCUT2D eigenvalue weighted by Crippen LogP contribution is 2.10. The number of imidazole rings is 1. The van der Waals surface area contributed by atoms with Crippen molar-refractivity contribution < 1.29 is 9.53 Å². The summed E-state index contributed by atoms with van der Waals surface area (Å²) in [4.78, 5) is 21.1. The summed E-state index contributed by atoms with van der Waals surface area (Å²) in [6.45, 7) is 6.01. The van der Waals surface area contributed by atoms with Crippen LogP contribution in [-0.2, 0) is 11.3 Å². The minimum Gasteiger partial charge on any atom is -0.379 e. The van der Waals surface area contributed by atoms with Crippen molar-refractivity contribution >= 4 is 11.7 Å². The first-order chi connectivity index (χ1) is 12.0. The number of aryl methyl sites for hydroxylation is 1. The summed E-state index contributed by atoms with van der Waals surface area (Å²) < 4.78 is 7.68. The minimum absolute atomic E-state index is 0.0527. The number of fused-ring (bicyclic) bond motifs is 1. The topological polar surface area (TPSA) is 62.1 Å². The molecule has 1 saturated heterocycles. The van der Waals surface area contributed by atoms with Gasteiger partial charge >= 0.3 is 6.03 Å². The highest BCUT2D eigenvalue weighted by molar-refractivity contribution is 5.74. The Morgan fingerprint density at radius 3 is 3.04 bits per heavy atom. The molecule has 7 heteroatoms. The number of hydrogen-bond donors (Lipinski definition) is 1. The molecule has 3 heterocycles. The summed E-state index contributed by atoms with van der Waals surface area (Å²) in [6, 6.07) is 5.94. The number of nitrogens with zero attached hydrogens (tertiary/aromatic N) is 4. The predicted molar refractivity (Wildman–Crippen MR) is 96.6 cm³/mol. The zero-order valence-corrected chi connectivity index (χ0v) is 15.2. The summed E-state index contributed by atoms with van der Waals surface area (Å²) in [5.74, 6) is 0.334. The Bertz CT molecular complexity index is 727. The third kappa shape index (κ3) is 4.49. The van der Waals surface area contributed by atoms with Gasteiger partial charge in [-0.1, -0.05) is 6.07 Å². The summed E-state index contributed by atoms with van der Waals surface area (Å²) in [5.41, 5.74) is 2.89. The number of carbonyl (C=O) groups is 1. The molecular formula is C18H27N5O2. The fourth-order valence-electron chi connectivity index (χ4n) is 3.25. The van der Waals surface area contributed by atoms with Crippen molar-refractivity contribution in [1.82, 2.24) is 24.5 Å². The molecule has 2 amide bonds. The number of nitrogens with one attached hydrogen (secondary N) is 1. The molecule has 0 saturated carbocycles. The van der Waals surface area contributed by atoms with Gasteiger partial charge in [-0.15, -0.1) is 0 Å². The molecule has 7 nitrogen and oxygen atoms in total. The van der Waals surface area contributed by atoms with Gasteiger partial charge in [-0.3, -0.25) is 0 Å². The molecule has 0 unspecified atom stereocenters. The summed E-state index contributed by atoms with van der Waals surface area (Å²) in [7, 11) is 4.08. The van der Waals surface area contributed by atoms with Gasteiger partial charge in [0.25, 0.3) is 0 Å². The van der Waals surface area contributed by atoms with Crippen LogP contribution in [-0.4, -0.2) is 72.2 Å². The lowest BCUT2D eigenvalue weighted by Gasteiger charge is -2.25. The van der Waals surface area contributed by atoms with E-state index in [4.69, 9.17) is 4.74 Å². The summed E-state index contributed by atoms with van der Waals surface area (Å²) in [6.07, 6.45) is 1.98. The maximum atomic E-state index is 12.5. The number of pyridine rings is 1.